The van der Waals surface area contributed by atoms with Crippen molar-refractivity contribution < 1.29 is 9.53 Å². The maximum Gasteiger partial charge on any atom is 0.279 e. The zero-order valence-electron chi connectivity index (χ0n) is 17.2. The van der Waals surface area contributed by atoms with E-state index in [4.69, 9.17) is 4.74 Å². The maximum absolute atomic E-state index is 12.9. The Labute approximate surface area is 180 Å². The predicted octanol–water partition coefficient (Wildman–Crippen LogP) is 3.89. The Kier molecular flexibility index (Phi) is 6.08. The minimum Gasteiger partial charge on any atom is -0.494 e. The number of para-hydroxylation sites is 1. The summed E-state index contributed by atoms with van der Waals surface area (Å²) in [5.41, 5.74) is 1.71. The van der Waals surface area contributed by atoms with E-state index in [0.717, 1.165) is 11.3 Å². The van der Waals surface area contributed by atoms with Gasteiger partial charge in [0, 0.05) is 11.9 Å². The van der Waals surface area contributed by atoms with Crippen LogP contribution < -0.4 is 15.6 Å². The Balaban J connectivity index is 1.50. The topological polar surface area (TPSA) is 73.2 Å². The molecule has 1 aromatic heterocycles. The highest BCUT2D eigenvalue weighted by Crippen LogP contribution is 2.15. The Morgan fingerprint density at radius 3 is 2.48 bits per heavy atom. The molecular weight excluding hydrogens is 390 g/mol. The number of fused-ring (bicyclic) bond motifs is 1. The second-order valence-corrected chi connectivity index (χ2v) is 7.22. The molecule has 0 aliphatic carbocycles. The monoisotopic (exact) mass is 413 g/mol. The molecule has 4 rings (SSSR count). The van der Waals surface area contributed by atoms with Crippen LogP contribution in [0.5, 0.6) is 5.75 Å². The van der Waals surface area contributed by atoms with Crippen molar-refractivity contribution >= 4 is 16.7 Å². The first kappa shape index (κ1) is 20.3. The van der Waals surface area contributed by atoms with Gasteiger partial charge in [0.15, 0.2) is 5.69 Å². The van der Waals surface area contributed by atoms with Crippen LogP contribution in [0.4, 0.5) is 0 Å². The Morgan fingerprint density at radius 2 is 1.71 bits per heavy atom. The summed E-state index contributed by atoms with van der Waals surface area (Å²) in [4.78, 5) is 25.8. The van der Waals surface area contributed by atoms with E-state index in [2.05, 4.69) is 10.4 Å². The SMILES string of the molecule is Cc1cccc(OCCCNC(=O)c2nn(-c3ccccc3)c(=O)c3ccccc23)c1. The van der Waals surface area contributed by atoms with Gasteiger partial charge in [-0.25, -0.2) is 0 Å². The van der Waals surface area contributed by atoms with E-state index >= 15 is 0 Å². The summed E-state index contributed by atoms with van der Waals surface area (Å²) in [7, 11) is 0. The third-order valence-electron chi connectivity index (χ3n) is 4.89. The molecular formula is C25H23N3O3. The number of hydrogen-bond donors (Lipinski definition) is 1. The quantitative estimate of drug-likeness (QED) is 0.467. The van der Waals surface area contributed by atoms with Gasteiger partial charge in [-0.1, -0.05) is 48.5 Å². The van der Waals surface area contributed by atoms with E-state index in [-0.39, 0.29) is 17.2 Å². The van der Waals surface area contributed by atoms with Gasteiger partial charge in [-0.15, -0.1) is 0 Å². The average molecular weight is 413 g/mol. The summed E-state index contributed by atoms with van der Waals surface area (Å²) in [6.07, 6.45) is 0.649. The zero-order chi connectivity index (χ0) is 21.6. The highest BCUT2D eigenvalue weighted by molar-refractivity contribution is 6.04. The molecule has 31 heavy (non-hydrogen) atoms. The number of rotatable bonds is 7. The van der Waals surface area contributed by atoms with Crippen molar-refractivity contribution in [3.63, 3.8) is 0 Å². The fourth-order valence-electron chi connectivity index (χ4n) is 3.35. The largest absolute Gasteiger partial charge is 0.494 e. The summed E-state index contributed by atoms with van der Waals surface area (Å²) >= 11 is 0. The number of aryl methyl sites for hydroxylation is 1. The first-order valence-electron chi connectivity index (χ1n) is 10.2. The van der Waals surface area contributed by atoms with Gasteiger partial charge < -0.3 is 10.1 Å². The maximum atomic E-state index is 12.9. The third kappa shape index (κ3) is 4.64. The molecule has 156 valence electrons. The standard InChI is InChI=1S/C25H23N3O3/c1-18-9-7-12-20(17-18)31-16-8-15-26-24(29)23-21-13-5-6-14-22(21)25(30)28(27-23)19-10-3-2-4-11-19/h2-7,9-14,17H,8,15-16H2,1H3,(H,26,29). The first-order chi connectivity index (χ1) is 15.1. The number of amides is 1. The molecule has 0 saturated heterocycles. The van der Waals surface area contributed by atoms with Gasteiger partial charge in [-0.2, -0.15) is 9.78 Å². The number of benzene rings is 3. The number of nitrogens with zero attached hydrogens (tertiary/aromatic N) is 2. The number of carbonyl (C=O) groups is 1. The van der Waals surface area contributed by atoms with E-state index in [1.54, 1.807) is 36.4 Å². The number of nitrogens with one attached hydrogen (secondary N) is 1. The van der Waals surface area contributed by atoms with Crippen LogP contribution in [0.15, 0.2) is 83.7 Å². The summed E-state index contributed by atoms with van der Waals surface area (Å²) < 4.78 is 7.00. The van der Waals surface area contributed by atoms with Gasteiger partial charge in [-0.05, 0) is 49.2 Å². The van der Waals surface area contributed by atoms with Gasteiger partial charge >= 0.3 is 0 Å². The molecule has 0 atom stereocenters. The zero-order valence-corrected chi connectivity index (χ0v) is 17.2. The van der Waals surface area contributed by atoms with Gasteiger partial charge in [0.2, 0.25) is 0 Å². The summed E-state index contributed by atoms with van der Waals surface area (Å²) in [5.74, 6) is 0.491. The fourth-order valence-corrected chi connectivity index (χ4v) is 3.35. The van der Waals surface area contributed by atoms with Crippen molar-refractivity contribution in [2.75, 3.05) is 13.2 Å². The van der Waals surface area contributed by atoms with Gasteiger partial charge in [0.1, 0.15) is 5.75 Å². The molecule has 0 saturated carbocycles. The van der Waals surface area contributed by atoms with Crippen molar-refractivity contribution in [3.8, 4) is 11.4 Å². The molecule has 0 unspecified atom stereocenters. The van der Waals surface area contributed by atoms with Crippen molar-refractivity contribution in [1.82, 2.24) is 15.1 Å². The molecule has 6 heteroatoms. The number of carbonyl (C=O) groups excluding carboxylic acids is 1. The lowest BCUT2D eigenvalue weighted by atomic mass is 10.1. The highest BCUT2D eigenvalue weighted by atomic mass is 16.5. The molecule has 1 heterocycles. The Bertz CT molecular complexity index is 1270. The molecule has 0 fully saturated rings. The van der Waals surface area contributed by atoms with E-state index in [9.17, 15) is 9.59 Å². The van der Waals surface area contributed by atoms with Crippen LogP contribution >= 0.6 is 0 Å². The Hall–Kier alpha value is -3.93. The average Bonchev–Trinajstić information content (AvgIpc) is 2.80. The summed E-state index contributed by atoms with van der Waals surface area (Å²) in [6, 6.07) is 24.0. The molecule has 4 aromatic rings. The van der Waals surface area contributed by atoms with Crippen molar-refractivity contribution in [3.05, 3.63) is 100 Å². The lowest BCUT2D eigenvalue weighted by Gasteiger charge is -2.11. The van der Waals surface area contributed by atoms with Crippen LogP contribution in [0, 0.1) is 6.92 Å². The first-order valence-corrected chi connectivity index (χ1v) is 10.2. The molecule has 0 aliphatic heterocycles. The Morgan fingerprint density at radius 1 is 0.968 bits per heavy atom. The molecule has 1 amide bonds. The van der Waals surface area contributed by atoms with Gasteiger partial charge in [-0.3, -0.25) is 9.59 Å². The third-order valence-corrected chi connectivity index (χ3v) is 4.89. The van der Waals surface area contributed by atoms with Crippen LogP contribution in [0.3, 0.4) is 0 Å². The smallest absolute Gasteiger partial charge is 0.279 e. The predicted molar refractivity (Wildman–Crippen MR) is 121 cm³/mol. The molecule has 6 nitrogen and oxygen atoms in total. The molecule has 0 radical (unpaired) electrons. The molecule has 0 aliphatic rings. The van der Waals surface area contributed by atoms with E-state index in [1.165, 1.54) is 4.68 Å². The fraction of sp³-hybridized carbons (Fsp3) is 0.160. The van der Waals surface area contributed by atoms with Crippen LogP contribution in [0.25, 0.3) is 16.5 Å². The van der Waals surface area contributed by atoms with Crippen molar-refractivity contribution in [2.24, 2.45) is 0 Å². The lowest BCUT2D eigenvalue weighted by Crippen LogP contribution is -2.31. The van der Waals surface area contributed by atoms with Gasteiger partial charge in [0.05, 0.1) is 17.7 Å². The number of hydrogen-bond acceptors (Lipinski definition) is 4. The van der Waals surface area contributed by atoms with Crippen LogP contribution in [-0.4, -0.2) is 28.8 Å². The summed E-state index contributed by atoms with van der Waals surface area (Å²) in [6.45, 7) is 2.94. The van der Waals surface area contributed by atoms with Crippen molar-refractivity contribution in [1.29, 1.82) is 0 Å². The van der Waals surface area contributed by atoms with Crippen molar-refractivity contribution in [2.45, 2.75) is 13.3 Å². The minimum absolute atomic E-state index is 0.221. The second-order valence-electron chi connectivity index (χ2n) is 7.22. The van der Waals surface area contributed by atoms with Crippen LogP contribution in [0.2, 0.25) is 0 Å². The van der Waals surface area contributed by atoms with E-state index < -0.39 is 0 Å². The van der Waals surface area contributed by atoms with Crippen LogP contribution in [-0.2, 0) is 0 Å². The molecule has 3 aromatic carbocycles. The summed E-state index contributed by atoms with van der Waals surface area (Å²) in [5, 5.41) is 8.27. The van der Waals surface area contributed by atoms with Crippen LogP contribution in [0.1, 0.15) is 22.5 Å². The van der Waals surface area contributed by atoms with E-state index in [0.29, 0.717) is 36.0 Å². The minimum atomic E-state index is -0.323. The molecule has 0 bridgehead atoms. The van der Waals surface area contributed by atoms with Gasteiger partial charge in [0.25, 0.3) is 11.5 Å². The highest BCUT2D eigenvalue weighted by Gasteiger charge is 2.17. The molecule has 1 N–H and O–H groups in total. The van der Waals surface area contributed by atoms with E-state index in [1.807, 2.05) is 49.4 Å². The normalized spacial score (nSPS) is 10.7. The number of ether oxygens (including phenoxy) is 1. The number of aromatic nitrogens is 2. The lowest BCUT2D eigenvalue weighted by molar-refractivity contribution is 0.0946. The second kappa shape index (κ2) is 9.26. The molecule has 0 spiro atoms.